The van der Waals surface area contributed by atoms with Crippen LogP contribution in [-0.2, 0) is 19.4 Å². The summed E-state index contributed by atoms with van der Waals surface area (Å²) >= 11 is 0. The monoisotopic (exact) mass is 324 g/mol. The van der Waals surface area contributed by atoms with E-state index in [0.717, 1.165) is 41.0 Å². The summed E-state index contributed by atoms with van der Waals surface area (Å²) in [5.41, 5.74) is 4.77. The Morgan fingerprint density at radius 2 is 1.96 bits per heavy atom. The fourth-order valence-electron chi connectivity index (χ4n) is 2.93. The average molecular weight is 324 g/mol. The van der Waals surface area contributed by atoms with Gasteiger partial charge in [0, 0.05) is 13.6 Å². The minimum Gasteiger partial charge on any atom is -0.496 e. The zero-order valence-corrected chi connectivity index (χ0v) is 15.1. The lowest BCUT2D eigenvalue weighted by atomic mass is 10.0. The van der Waals surface area contributed by atoms with Gasteiger partial charge in [-0.2, -0.15) is 10.4 Å². The molecule has 0 atom stereocenters. The summed E-state index contributed by atoms with van der Waals surface area (Å²) in [4.78, 5) is 1.98. The Labute approximate surface area is 143 Å². The van der Waals surface area contributed by atoms with Gasteiger partial charge in [0.1, 0.15) is 17.4 Å². The van der Waals surface area contributed by atoms with E-state index in [4.69, 9.17) is 4.74 Å². The molecule has 0 spiro atoms. The molecule has 5 nitrogen and oxygen atoms in total. The maximum Gasteiger partial charge on any atom is 0.169 e. The van der Waals surface area contributed by atoms with Gasteiger partial charge in [0.05, 0.1) is 12.8 Å². The predicted molar refractivity (Wildman–Crippen MR) is 95.3 cm³/mol. The summed E-state index contributed by atoms with van der Waals surface area (Å²) in [5.74, 6) is 1.51. The Bertz CT molecular complexity index is 765. The van der Waals surface area contributed by atoms with Crippen molar-refractivity contribution in [3.05, 3.63) is 46.1 Å². The predicted octanol–water partition coefficient (Wildman–Crippen LogP) is 3.43. The number of methoxy groups -OCH3 is 1. The van der Waals surface area contributed by atoms with E-state index in [2.05, 4.69) is 22.3 Å². The van der Waals surface area contributed by atoms with E-state index in [1.165, 1.54) is 0 Å². The minimum absolute atomic E-state index is 0.636. The lowest BCUT2D eigenvalue weighted by Gasteiger charge is -2.21. The van der Waals surface area contributed by atoms with Gasteiger partial charge in [-0.3, -0.25) is 0 Å². The number of aromatic nitrogens is 2. The number of benzene rings is 1. The zero-order valence-electron chi connectivity index (χ0n) is 15.1. The minimum atomic E-state index is 0.636. The molecule has 2 aromatic rings. The van der Waals surface area contributed by atoms with Crippen molar-refractivity contribution in [2.75, 3.05) is 19.1 Å². The molecule has 0 unspecified atom stereocenters. The summed E-state index contributed by atoms with van der Waals surface area (Å²) in [6, 6.07) is 8.41. The molecular weight excluding hydrogens is 300 g/mol. The van der Waals surface area contributed by atoms with Gasteiger partial charge in [-0.1, -0.05) is 26.0 Å². The number of ether oxygens (including phenoxy) is 1. The first-order chi connectivity index (χ1) is 11.5. The number of hydrogen-bond donors (Lipinski definition) is 0. The maximum absolute atomic E-state index is 9.62. The smallest absolute Gasteiger partial charge is 0.169 e. The first kappa shape index (κ1) is 17.7. The highest BCUT2D eigenvalue weighted by Gasteiger charge is 2.17. The van der Waals surface area contributed by atoms with E-state index in [-0.39, 0.29) is 0 Å². The van der Waals surface area contributed by atoms with Crippen LogP contribution < -0.4 is 9.64 Å². The molecule has 0 fully saturated rings. The Kier molecular flexibility index (Phi) is 5.75. The second kappa shape index (κ2) is 7.78. The van der Waals surface area contributed by atoms with Gasteiger partial charge in [0.25, 0.3) is 0 Å². The Morgan fingerprint density at radius 1 is 1.21 bits per heavy atom. The number of hydrogen-bond acceptors (Lipinski definition) is 5. The average Bonchev–Trinajstić information content (AvgIpc) is 2.60. The van der Waals surface area contributed by atoms with Crippen LogP contribution in [-0.4, -0.2) is 24.4 Å². The van der Waals surface area contributed by atoms with Crippen molar-refractivity contribution in [1.29, 1.82) is 5.26 Å². The summed E-state index contributed by atoms with van der Waals surface area (Å²) in [5, 5.41) is 18.2. The number of rotatable bonds is 6. The highest BCUT2D eigenvalue weighted by Crippen LogP contribution is 2.25. The molecule has 1 heterocycles. The van der Waals surface area contributed by atoms with Gasteiger partial charge in [-0.05, 0) is 42.5 Å². The summed E-state index contributed by atoms with van der Waals surface area (Å²) in [7, 11) is 3.61. The van der Waals surface area contributed by atoms with Crippen LogP contribution in [0.2, 0.25) is 0 Å². The van der Waals surface area contributed by atoms with Crippen LogP contribution in [0.4, 0.5) is 5.82 Å². The van der Waals surface area contributed by atoms with Gasteiger partial charge >= 0.3 is 0 Å². The van der Waals surface area contributed by atoms with E-state index >= 15 is 0 Å². The molecule has 0 saturated carbocycles. The van der Waals surface area contributed by atoms with Crippen LogP contribution in [0.1, 0.15) is 41.8 Å². The molecule has 0 radical (unpaired) electrons. The van der Waals surface area contributed by atoms with Crippen molar-refractivity contribution in [3.8, 4) is 11.8 Å². The maximum atomic E-state index is 9.62. The third-order valence-electron chi connectivity index (χ3n) is 4.18. The topological polar surface area (TPSA) is 62.0 Å². The van der Waals surface area contributed by atoms with E-state index in [1.54, 1.807) is 7.11 Å². The molecule has 24 heavy (non-hydrogen) atoms. The van der Waals surface area contributed by atoms with Crippen molar-refractivity contribution < 1.29 is 4.74 Å². The van der Waals surface area contributed by atoms with Gasteiger partial charge in [-0.25, -0.2) is 0 Å². The quantitative estimate of drug-likeness (QED) is 0.814. The van der Waals surface area contributed by atoms with Crippen LogP contribution in [0.25, 0.3) is 0 Å². The zero-order chi connectivity index (χ0) is 17.7. The molecular formula is C19H24N4O. The second-order valence-corrected chi connectivity index (χ2v) is 5.80. The number of aryl methyl sites for hydroxylation is 2. The molecule has 0 saturated heterocycles. The second-order valence-electron chi connectivity index (χ2n) is 5.80. The van der Waals surface area contributed by atoms with Crippen molar-refractivity contribution in [2.45, 2.75) is 40.2 Å². The fourth-order valence-corrected chi connectivity index (χ4v) is 2.93. The molecule has 2 rings (SSSR count). The molecule has 1 aromatic carbocycles. The molecule has 0 bridgehead atoms. The van der Waals surface area contributed by atoms with Gasteiger partial charge in [0.2, 0.25) is 0 Å². The van der Waals surface area contributed by atoms with Crippen molar-refractivity contribution in [1.82, 2.24) is 10.2 Å². The summed E-state index contributed by atoms with van der Waals surface area (Å²) in [6.45, 7) is 6.76. The number of anilines is 1. The summed E-state index contributed by atoms with van der Waals surface area (Å²) < 4.78 is 5.30. The van der Waals surface area contributed by atoms with E-state index in [1.807, 2.05) is 44.9 Å². The molecule has 0 aliphatic carbocycles. The van der Waals surface area contributed by atoms with E-state index < -0.39 is 0 Å². The van der Waals surface area contributed by atoms with Crippen molar-refractivity contribution in [2.24, 2.45) is 0 Å². The van der Waals surface area contributed by atoms with Gasteiger partial charge in [0.15, 0.2) is 5.82 Å². The normalized spacial score (nSPS) is 10.3. The lowest BCUT2D eigenvalue weighted by molar-refractivity contribution is 0.411. The fraction of sp³-hybridized carbons (Fsp3) is 0.421. The number of nitrogens with zero attached hydrogens (tertiary/aromatic N) is 4. The molecule has 126 valence electrons. The van der Waals surface area contributed by atoms with Crippen LogP contribution in [0.15, 0.2) is 18.2 Å². The summed E-state index contributed by atoms with van der Waals surface area (Å²) in [6.07, 6.45) is 1.57. The third kappa shape index (κ3) is 3.48. The van der Waals surface area contributed by atoms with Crippen molar-refractivity contribution >= 4 is 5.82 Å². The first-order valence-electron chi connectivity index (χ1n) is 8.18. The van der Waals surface area contributed by atoms with E-state index in [0.29, 0.717) is 17.9 Å². The Balaban J connectivity index is 2.35. The third-order valence-corrected chi connectivity index (χ3v) is 4.18. The molecule has 0 aliphatic heterocycles. The molecule has 0 amide bonds. The molecule has 0 N–H and O–H groups in total. The number of nitriles is 1. The Hall–Kier alpha value is -2.61. The van der Waals surface area contributed by atoms with Gasteiger partial charge < -0.3 is 9.64 Å². The Morgan fingerprint density at radius 3 is 2.50 bits per heavy atom. The van der Waals surface area contributed by atoms with Crippen LogP contribution >= 0.6 is 0 Å². The molecule has 1 aromatic heterocycles. The SMILES string of the molecule is CCc1nnc(N(C)Cc2ccc(OC)c(C)c2)c(C#N)c1CC. The molecule has 5 heteroatoms. The van der Waals surface area contributed by atoms with Gasteiger partial charge in [-0.15, -0.1) is 5.10 Å². The molecule has 0 aliphatic rings. The first-order valence-corrected chi connectivity index (χ1v) is 8.18. The largest absolute Gasteiger partial charge is 0.496 e. The van der Waals surface area contributed by atoms with E-state index in [9.17, 15) is 5.26 Å². The van der Waals surface area contributed by atoms with Crippen molar-refractivity contribution in [3.63, 3.8) is 0 Å². The van der Waals surface area contributed by atoms with Crippen LogP contribution in [0, 0.1) is 18.3 Å². The highest BCUT2D eigenvalue weighted by molar-refractivity contribution is 5.58. The highest BCUT2D eigenvalue weighted by atomic mass is 16.5. The van der Waals surface area contributed by atoms with Crippen LogP contribution in [0.3, 0.4) is 0 Å². The van der Waals surface area contributed by atoms with Crippen LogP contribution in [0.5, 0.6) is 5.75 Å². The lowest BCUT2D eigenvalue weighted by Crippen LogP contribution is -2.21. The standard InChI is InChI=1S/C19H24N4O/c1-6-15-16(11-20)19(22-21-17(15)7-2)23(4)12-14-8-9-18(24-5)13(3)10-14/h8-10H,6-7,12H2,1-5H3.